The molecule has 0 bridgehead atoms. The van der Waals surface area contributed by atoms with Gasteiger partial charge in [-0.25, -0.2) is 4.79 Å². The standard InChI is InChI=1S/C8H14N2O5/c1-15-7(12)4-5(8(13)14)10-6(11)2-3-9/h5H,2-4,9H2,1H3,(H,10,11)(H,13,14)/t5-/m0/s1. The summed E-state index contributed by atoms with van der Waals surface area (Å²) in [6.07, 6.45) is -0.382. The molecule has 7 heteroatoms. The highest BCUT2D eigenvalue weighted by molar-refractivity contribution is 5.87. The molecule has 1 amide bonds. The number of esters is 1. The number of aliphatic carboxylic acids is 1. The van der Waals surface area contributed by atoms with Crippen LogP contribution in [-0.2, 0) is 19.1 Å². The van der Waals surface area contributed by atoms with Gasteiger partial charge in [0, 0.05) is 13.0 Å². The molecule has 0 unspecified atom stereocenters. The number of ether oxygens (including phenoxy) is 1. The van der Waals surface area contributed by atoms with Crippen molar-refractivity contribution in [3.8, 4) is 0 Å². The molecule has 0 saturated carbocycles. The molecule has 0 aromatic rings. The van der Waals surface area contributed by atoms with Gasteiger partial charge in [0.25, 0.3) is 0 Å². The Kier molecular flexibility index (Phi) is 6.03. The van der Waals surface area contributed by atoms with Crippen molar-refractivity contribution in [2.45, 2.75) is 18.9 Å². The van der Waals surface area contributed by atoms with Crippen molar-refractivity contribution in [1.29, 1.82) is 0 Å². The molecule has 0 aliphatic carbocycles. The highest BCUT2D eigenvalue weighted by Gasteiger charge is 2.23. The monoisotopic (exact) mass is 218 g/mol. The molecule has 0 aliphatic rings. The number of carboxylic acids is 1. The largest absolute Gasteiger partial charge is 0.480 e. The SMILES string of the molecule is COC(=O)C[C@H](NC(=O)CCN)C(=O)O. The first-order valence-corrected chi connectivity index (χ1v) is 4.30. The third-order valence-corrected chi connectivity index (χ3v) is 1.60. The number of methoxy groups -OCH3 is 1. The lowest BCUT2D eigenvalue weighted by molar-refractivity contribution is -0.148. The predicted octanol–water partition coefficient (Wildman–Crippen LogP) is -1.53. The first kappa shape index (κ1) is 13.4. The molecule has 4 N–H and O–H groups in total. The van der Waals surface area contributed by atoms with Crippen LogP contribution in [0.2, 0.25) is 0 Å². The third kappa shape index (κ3) is 5.63. The molecule has 0 aliphatic heterocycles. The van der Waals surface area contributed by atoms with Crippen LogP contribution < -0.4 is 11.1 Å². The molecule has 0 rings (SSSR count). The van der Waals surface area contributed by atoms with Crippen LogP contribution in [0.5, 0.6) is 0 Å². The van der Waals surface area contributed by atoms with Crippen LogP contribution in [-0.4, -0.2) is 42.6 Å². The maximum absolute atomic E-state index is 11.0. The first-order valence-electron chi connectivity index (χ1n) is 4.30. The van der Waals surface area contributed by atoms with Gasteiger partial charge in [0.05, 0.1) is 13.5 Å². The zero-order chi connectivity index (χ0) is 11.8. The number of hydrogen-bond donors (Lipinski definition) is 3. The van der Waals surface area contributed by atoms with Crippen molar-refractivity contribution in [3.63, 3.8) is 0 Å². The Labute approximate surface area is 86.6 Å². The second-order valence-corrected chi connectivity index (χ2v) is 2.78. The molecule has 0 aromatic heterocycles. The van der Waals surface area contributed by atoms with E-state index in [0.717, 1.165) is 7.11 Å². The number of carbonyl (C=O) groups is 3. The van der Waals surface area contributed by atoms with Gasteiger partial charge in [-0.2, -0.15) is 0 Å². The van der Waals surface area contributed by atoms with Crippen LogP contribution in [0.15, 0.2) is 0 Å². The summed E-state index contributed by atoms with van der Waals surface area (Å²) in [5.41, 5.74) is 5.11. The van der Waals surface area contributed by atoms with E-state index in [1.54, 1.807) is 0 Å². The number of rotatable bonds is 6. The second kappa shape index (κ2) is 6.77. The summed E-state index contributed by atoms with van der Waals surface area (Å²) in [4.78, 5) is 32.5. The number of hydrogen-bond acceptors (Lipinski definition) is 5. The molecule has 15 heavy (non-hydrogen) atoms. The van der Waals surface area contributed by atoms with Gasteiger partial charge in [-0.1, -0.05) is 0 Å². The highest BCUT2D eigenvalue weighted by atomic mass is 16.5. The Balaban J connectivity index is 4.22. The van der Waals surface area contributed by atoms with Crippen LogP contribution in [0.1, 0.15) is 12.8 Å². The van der Waals surface area contributed by atoms with E-state index in [4.69, 9.17) is 10.8 Å². The van der Waals surface area contributed by atoms with E-state index in [2.05, 4.69) is 10.1 Å². The predicted molar refractivity (Wildman–Crippen MR) is 49.9 cm³/mol. The van der Waals surface area contributed by atoms with Crippen molar-refractivity contribution >= 4 is 17.8 Å². The van der Waals surface area contributed by atoms with E-state index in [0.29, 0.717) is 0 Å². The van der Waals surface area contributed by atoms with E-state index in [9.17, 15) is 14.4 Å². The Morgan fingerprint density at radius 1 is 1.47 bits per heavy atom. The van der Waals surface area contributed by atoms with Gasteiger partial charge in [-0.3, -0.25) is 9.59 Å². The quantitative estimate of drug-likeness (QED) is 0.465. The number of nitrogens with one attached hydrogen (secondary N) is 1. The van der Waals surface area contributed by atoms with Gasteiger partial charge in [0.15, 0.2) is 0 Å². The number of carboxylic acid groups (broad SMARTS) is 1. The molecular formula is C8H14N2O5. The molecular weight excluding hydrogens is 204 g/mol. The summed E-state index contributed by atoms with van der Waals surface area (Å²) in [5.74, 6) is -2.49. The molecule has 7 nitrogen and oxygen atoms in total. The van der Waals surface area contributed by atoms with Crippen LogP contribution in [0.4, 0.5) is 0 Å². The van der Waals surface area contributed by atoms with Crippen molar-refractivity contribution in [2.75, 3.05) is 13.7 Å². The van der Waals surface area contributed by atoms with E-state index in [-0.39, 0.29) is 13.0 Å². The van der Waals surface area contributed by atoms with E-state index in [1.165, 1.54) is 0 Å². The summed E-state index contributed by atoms with van der Waals surface area (Å²) >= 11 is 0. The summed E-state index contributed by atoms with van der Waals surface area (Å²) < 4.78 is 4.29. The summed E-state index contributed by atoms with van der Waals surface area (Å²) in [5, 5.41) is 10.8. The average Bonchev–Trinajstić information content (AvgIpc) is 2.16. The lowest BCUT2D eigenvalue weighted by Crippen LogP contribution is -2.42. The summed E-state index contributed by atoms with van der Waals surface area (Å²) in [6.45, 7) is 0.121. The Bertz CT molecular complexity index is 253. The van der Waals surface area contributed by atoms with Crippen molar-refractivity contribution < 1.29 is 24.2 Å². The fourth-order valence-electron chi connectivity index (χ4n) is 0.848. The first-order chi connectivity index (χ1) is 7.01. The van der Waals surface area contributed by atoms with Crippen LogP contribution in [0.3, 0.4) is 0 Å². The van der Waals surface area contributed by atoms with Crippen LogP contribution in [0.25, 0.3) is 0 Å². The smallest absolute Gasteiger partial charge is 0.326 e. The maximum atomic E-state index is 11.0. The van der Waals surface area contributed by atoms with E-state index in [1.807, 2.05) is 0 Å². The number of amides is 1. The lowest BCUT2D eigenvalue weighted by Gasteiger charge is -2.12. The average molecular weight is 218 g/mol. The van der Waals surface area contributed by atoms with Crippen LogP contribution >= 0.6 is 0 Å². The second-order valence-electron chi connectivity index (χ2n) is 2.78. The molecule has 0 aromatic carbocycles. The highest BCUT2D eigenvalue weighted by Crippen LogP contribution is 1.95. The molecule has 1 atom stereocenters. The Morgan fingerprint density at radius 3 is 2.47 bits per heavy atom. The summed E-state index contributed by atoms with van der Waals surface area (Å²) in [6, 6.07) is -1.27. The topological polar surface area (TPSA) is 119 Å². The van der Waals surface area contributed by atoms with Gasteiger partial charge in [-0.05, 0) is 0 Å². The van der Waals surface area contributed by atoms with Crippen molar-refractivity contribution in [2.24, 2.45) is 5.73 Å². The maximum Gasteiger partial charge on any atom is 0.326 e. The van der Waals surface area contributed by atoms with Crippen LogP contribution in [0, 0.1) is 0 Å². The zero-order valence-electron chi connectivity index (χ0n) is 8.36. The Hall–Kier alpha value is -1.63. The van der Waals surface area contributed by atoms with Crippen molar-refractivity contribution in [1.82, 2.24) is 5.32 Å². The molecule has 0 spiro atoms. The van der Waals surface area contributed by atoms with Gasteiger partial charge in [0.1, 0.15) is 6.04 Å². The fourth-order valence-corrected chi connectivity index (χ4v) is 0.848. The molecule has 0 heterocycles. The zero-order valence-corrected chi connectivity index (χ0v) is 8.36. The van der Waals surface area contributed by atoms with Gasteiger partial charge in [-0.15, -0.1) is 0 Å². The minimum atomic E-state index is -1.29. The van der Waals surface area contributed by atoms with Crippen molar-refractivity contribution in [3.05, 3.63) is 0 Å². The third-order valence-electron chi connectivity index (χ3n) is 1.60. The molecule has 0 saturated heterocycles. The minimum Gasteiger partial charge on any atom is -0.480 e. The molecule has 0 fully saturated rings. The molecule has 86 valence electrons. The molecule has 0 radical (unpaired) electrons. The lowest BCUT2D eigenvalue weighted by atomic mass is 10.2. The van der Waals surface area contributed by atoms with Gasteiger partial charge < -0.3 is 20.9 Å². The fraction of sp³-hybridized carbons (Fsp3) is 0.625. The Morgan fingerprint density at radius 2 is 2.07 bits per heavy atom. The summed E-state index contributed by atoms with van der Waals surface area (Å²) in [7, 11) is 1.14. The van der Waals surface area contributed by atoms with E-state index >= 15 is 0 Å². The van der Waals surface area contributed by atoms with E-state index < -0.39 is 30.3 Å². The number of nitrogens with two attached hydrogens (primary N) is 1. The van der Waals surface area contributed by atoms with Gasteiger partial charge in [0.2, 0.25) is 5.91 Å². The minimum absolute atomic E-state index is 0.0188. The van der Waals surface area contributed by atoms with Gasteiger partial charge >= 0.3 is 11.9 Å². The number of carbonyl (C=O) groups excluding carboxylic acids is 2. The normalized spacial score (nSPS) is 11.6.